The van der Waals surface area contributed by atoms with Crippen molar-refractivity contribution in [1.82, 2.24) is 20.1 Å². The highest BCUT2D eigenvalue weighted by atomic mass is 32.1. The number of aryl methyl sites for hydroxylation is 1. The molecule has 1 aliphatic rings. The number of hydrogen-bond acceptors (Lipinski definition) is 4. The number of rotatable bonds is 4. The van der Waals surface area contributed by atoms with Gasteiger partial charge in [0, 0.05) is 17.0 Å². The third-order valence-electron chi connectivity index (χ3n) is 3.47. The smallest absolute Gasteiger partial charge is 0.137 e. The van der Waals surface area contributed by atoms with Crippen molar-refractivity contribution < 1.29 is 0 Å². The van der Waals surface area contributed by atoms with Crippen LogP contribution in [0.2, 0.25) is 0 Å². The largest absolute Gasteiger partial charge is 0.306 e. The van der Waals surface area contributed by atoms with Crippen LogP contribution < -0.4 is 5.32 Å². The third-order valence-corrected chi connectivity index (χ3v) is 4.46. The molecule has 2 heterocycles. The van der Waals surface area contributed by atoms with Crippen molar-refractivity contribution in [2.45, 2.75) is 44.8 Å². The van der Waals surface area contributed by atoms with Crippen LogP contribution in [0.4, 0.5) is 0 Å². The number of hydrogen-bond donors (Lipinski definition) is 1. The van der Waals surface area contributed by atoms with E-state index in [-0.39, 0.29) is 0 Å². The maximum absolute atomic E-state index is 4.15. The van der Waals surface area contributed by atoms with Crippen LogP contribution in [0, 0.1) is 0 Å². The Balaban J connectivity index is 1.64. The fourth-order valence-electron chi connectivity index (χ4n) is 2.66. The molecule has 3 rings (SSSR count). The molecular weight excluding hydrogens is 244 g/mol. The topological polar surface area (TPSA) is 42.7 Å². The Bertz CT molecular complexity index is 491. The van der Waals surface area contributed by atoms with Crippen molar-refractivity contribution in [2.24, 2.45) is 0 Å². The van der Waals surface area contributed by atoms with Crippen LogP contribution in [0.5, 0.6) is 0 Å². The monoisotopic (exact) mass is 262 g/mol. The highest BCUT2D eigenvalue weighted by Crippen LogP contribution is 2.33. The van der Waals surface area contributed by atoms with Gasteiger partial charge in [-0.25, -0.2) is 4.98 Å². The van der Waals surface area contributed by atoms with Gasteiger partial charge in [-0.3, -0.25) is 4.68 Å². The molecule has 0 bridgehead atoms. The molecule has 2 aromatic rings. The first kappa shape index (κ1) is 11.9. The van der Waals surface area contributed by atoms with Gasteiger partial charge in [0.05, 0.1) is 6.54 Å². The van der Waals surface area contributed by atoms with Crippen molar-refractivity contribution in [3.05, 3.63) is 34.5 Å². The van der Waals surface area contributed by atoms with E-state index in [9.17, 15) is 0 Å². The lowest BCUT2D eigenvalue weighted by atomic mass is 9.93. The Morgan fingerprint density at radius 3 is 3.39 bits per heavy atom. The van der Waals surface area contributed by atoms with Gasteiger partial charge < -0.3 is 5.32 Å². The molecular formula is C13H18N4S. The fraction of sp³-hybridized carbons (Fsp3) is 0.538. The second kappa shape index (κ2) is 5.20. The Labute approximate surface area is 111 Å². The highest BCUT2D eigenvalue weighted by Gasteiger charge is 2.22. The molecule has 5 heteroatoms. The van der Waals surface area contributed by atoms with E-state index in [1.165, 1.54) is 24.8 Å². The standard InChI is InChI=1S/C13H18N4S/c1-10(7-17-9-14-8-15-17)16-12-3-2-4-13-11(12)5-6-18-13/h5-6,8-10,12,16H,2-4,7H2,1H3/t10-,12-/m1/s1. The van der Waals surface area contributed by atoms with Gasteiger partial charge in [0.25, 0.3) is 0 Å². The van der Waals surface area contributed by atoms with Crippen LogP contribution in [-0.2, 0) is 13.0 Å². The molecule has 0 saturated carbocycles. The van der Waals surface area contributed by atoms with E-state index < -0.39 is 0 Å². The lowest BCUT2D eigenvalue weighted by Crippen LogP contribution is -2.35. The van der Waals surface area contributed by atoms with Crippen LogP contribution in [-0.4, -0.2) is 20.8 Å². The van der Waals surface area contributed by atoms with Gasteiger partial charge in [-0.1, -0.05) is 0 Å². The number of aromatic nitrogens is 3. The molecule has 0 amide bonds. The molecule has 1 N–H and O–H groups in total. The Kier molecular flexibility index (Phi) is 3.43. The van der Waals surface area contributed by atoms with Crippen molar-refractivity contribution >= 4 is 11.3 Å². The molecule has 0 unspecified atom stereocenters. The summed E-state index contributed by atoms with van der Waals surface area (Å²) in [6, 6.07) is 3.19. The fourth-order valence-corrected chi connectivity index (χ4v) is 3.65. The summed E-state index contributed by atoms with van der Waals surface area (Å²) in [5.74, 6) is 0. The van der Waals surface area contributed by atoms with Crippen LogP contribution >= 0.6 is 11.3 Å². The third kappa shape index (κ3) is 2.47. The average Bonchev–Trinajstić information content (AvgIpc) is 2.99. The Hall–Kier alpha value is -1.20. The van der Waals surface area contributed by atoms with E-state index in [1.807, 2.05) is 16.0 Å². The SMILES string of the molecule is C[C@H](Cn1cncn1)N[C@@H]1CCCc2sccc21. The van der Waals surface area contributed by atoms with Crippen LogP contribution in [0.3, 0.4) is 0 Å². The molecule has 2 aromatic heterocycles. The van der Waals surface area contributed by atoms with E-state index in [0.29, 0.717) is 12.1 Å². The minimum absolute atomic E-state index is 0.405. The number of nitrogens with one attached hydrogen (secondary N) is 1. The van der Waals surface area contributed by atoms with E-state index in [2.05, 4.69) is 33.8 Å². The maximum Gasteiger partial charge on any atom is 0.137 e. The van der Waals surface area contributed by atoms with E-state index in [0.717, 1.165) is 6.54 Å². The Morgan fingerprint density at radius 2 is 2.56 bits per heavy atom. The normalized spacial score (nSPS) is 20.6. The van der Waals surface area contributed by atoms with Crippen molar-refractivity contribution in [3.8, 4) is 0 Å². The zero-order valence-corrected chi connectivity index (χ0v) is 11.4. The first-order valence-corrected chi connectivity index (χ1v) is 7.35. The predicted octanol–water partition coefficient (Wildman–Crippen LogP) is 2.40. The van der Waals surface area contributed by atoms with Crippen molar-refractivity contribution in [3.63, 3.8) is 0 Å². The summed E-state index contributed by atoms with van der Waals surface area (Å²) < 4.78 is 1.88. The highest BCUT2D eigenvalue weighted by molar-refractivity contribution is 7.10. The lowest BCUT2D eigenvalue weighted by molar-refractivity contribution is 0.372. The van der Waals surface area contributed by atoms with Gasteiger partial charge in [-0.15, -0.1) is 11.3 Å². The molecule has 1 aliphatic carbocycles. The minimum atomic E-state index is 0.405. The lowest BCUT2D eigenvalue weighted by Gasteiger charge is -2.27. The molecule has 0 aliphatic heterocycles. The number of thiophene rings is 1. The van der Waals surface area contributed by atoms with Gasteiger partial charge in [0.2, 0.25) is 0 Å². The van der Waals surface area contributed by atoms with Crippen LogP contribution in [0.15, 0.2) is 24.1 Å². The molecule has 2 atom stereocenters. The van der Waals surface area contributed by atoms with E-state index >= 15 is 0 Å². The van der Waals surface area contributed by atoms with Gasteiger partial charge in [0.15, 0.2) is 0 Å². The summed E-state index contributed by atoms with van der Waals surface area (Å²) in [5.41, 5.74) is 1.51. The molecule has 96 valence electrons. The first-order chi connectivity index (χ1) is 8.83. The van der Waals surface area contributed by atoms with Gasteiger partial charge in [-0.2, -0.15) is 5.10 Å². The summed E-state index contributed by atoms with van der Waals surface area (Å²) in [5, 5.41) is 10.1. The average molecular weight is 262 g/mol. The molecule has 4 nitrogen and oxygen atoms in total. The zero-order chi connectivity index (χ0) is 12.4. The zero-order valence-electron chi connectivity index (χ0n) is 10.5. The van der Waals surface area contributed by atoms with Gasteiger partial charge in [-0.05, 0) is 43.2 Å². The van der Waals surface area contributed by atoms with E-state index in [4.69, 9.17) is 0 Å². The quantitative estimate of drug-likeness (QED) is 0.920. The Morgan fingerprint density at radius 1 is 1.61 bits per heavy atom. The van der Waals surface area contributed by atoms with E-state index in [1.54, 1.807) is 17.5 Å². The maximum atomic E-state index is 4.15. The van der Waals surface area contributed by atoms with Crippen LogP contribution in [0.25, 0.3) is 0 Å². The summed E-state index contributed by atoms with van der Waals surface area (Å²) >= 11 is 1.89. The number of fused-ring (bicyclic) bond motifs is 1. The summed E-state index contributed by atoms with van der Waals surface area (Å²) in [6.45, 7) is 3.08. The van der Waals surface area contributed by atoms with Crippen LogP contribution in [0.1, 0.15) is 36.2 Å². The predicted molar refractivity (Wildman–Crippen MR) is 72.6 cm³/mol. The molecule has 0 radical (unpaired) electrons. The minimum Gasteiger partial charge on any atom is -0.306 e. The summed E-state index contributed by atoms with van der Waals surface area (Å²) in [7, 11) is 0. The molecule has 18 heavy (non-hydrogen) atoms. The first-order valence-electron chi connectivity index (χ1n) is 6.47. The summed E-state index contributed by atoms with van der Waals surface area (Å²) in [4.78, 5) is 5.54. The van der Waals surface area contributed by atoms with Crippen molar-refractivity contribution in [1.29, 1.82) is 0 Å². The summed E-state index contributed by atoms with van der Waals surface area (Å²) in [6.07, 6.45) is 7.15. The second-order valence-electron chi connectivity index (χ2n) is 4.93. The molecule has 0 aromatic carbocycles. The second-order valence-corrected chi connectivity index (χ2v) is 5.93. The molecule has 0 spiro atoms. The van der Waals surface area contributed by atoms with Crippen molar-refractivity contribution in [2.75, 3.05) is 0 Å². The molecule has 0 saturated heterocycles. The van der Waals surface area contributed by atoms with Gasteiger partial charge in [0.1, 0.15) is 12.7 Å². The molecule has 0 fully saturated rings. The van der Waals surface area contributed by atoms with Gasteiger partial charge >= 0.3 is 0 Å². The number of nitrogens with zero attached hydrogens (tertiary/aromatic N) is 3.